The van der Waals surface area contributed by atoms with Crippen LogP contribution in [-0.2, 0) is 9.53 Å². The molecule has 2 N–H and O–H groups in total. The van der Waals surface area contributed by atoms with Gasteiger partial charge in [-0.05, 0) is 31.1 Å². The van der Waals surface area contributed by atoms with Crippen LogP contribution in [0, 0.1) is 0 Å². The Balaban J connectivity index is 1.71. The second-order valence-corrected chi connectivity index (χ2v) is 5.19. The summed E-state index contributed by atoms with van der Waals surface area (Å²) < 4.78 is 16.3. The van der Waals surface area contributed by atoms with Gasteiger partial charge in [-0.1, -0.05) is 0 Å². The Bertz CT molecular complexity index is 668. The van der Waals surface area contributed by atoms with E-state index >= 15 is 0 Å². The summed E-state index contributed by atoms with van der Waals surface area (Å²) >= 11 is 0. The van der Waals surface area contributed by atoms with Crippen molar-refractivity contribution >= 4 is 17.9 Å². The van der Waals surface area contributed by atoms with E-state index in [4.69, 9.17) is 14.2 Å². The summed E-state index contributed by atoms with van der Waals surface area (Å²) in [4.78, 5) is 15.7. The molecule has 23 heavy (non-hydrogen) atoms. The molecule has 0 saturated heterocycles. The number of nitrogens with zero attached hydrogens (tertiary/aromatic N) is 1. The lowest BCUT2D eigenvalue weighted by Crippen LogP contribution is -2.43. The van der Waals surface area contributed by atoms with E-state index in [0.717, 1.165) is 18.4 Å². The van der Waals surface area contributed by atoms with E-state index in [1.807, 2.05) is 12.1 Å². The summed E-state index contributed by atoms with van der Waals surface area (Å²) in [7, 11) is 1.68. The number of hydrogen-bond acceptors (Lipinski definition) is 6. The summed E-state index contributed by atoms with van der Waals surface area (Å²) in [6.45, 7) is 1.31. The predicted molar refractivity (Wildman–Crippen MR) is 83.2 cm³/mol. The minimum absolute atomic E-state index is 0.117. The average Bonchev–Trinajstić information content (AvgIpc) is 2.53. The molecule has 0 radical (unpaired) electrons. The van der Waals surface area contributed by atoms with Crippen molar-refractivity contribution in [2.75, 3.05) is 20.3 Å². The summed E-state index contributed by atoms with van der Waals surface area (Å²) in [6.07, 6.45) is 2.24. The smallest absolute Gasteiger partial charge is 0.260 e. The van der Waals surface area contributed by atoms with Crippen molar-refractivity contribution in [1.82, 2.24) is 5.32 Å². The number of carbonyl (C=O) groups is 1. The van der Waals surface area contributed by atoms with E-state index in [9.17, 15) is 9.90 Å². The Morgan fingerprint density at radius 2 is 2.17 bits per heavy atom. The monoisotopic (exact) mass is 318 g/mol. The van der Waals surface area contributed by atoms with Crippen LogP contribution in [0.2, 0.25) is 0 Å². The normalized spacial score (nSPS) is 18.9. The van der Waals surface area contributed by atoms with Gasteiger partial charge in [0.05, 0.1) is 6.61 Å². The molecule has 1 amide bonds. The highest BCUT2D eigenvalue weighted by atomic mass is 16.5. The number of aliphatic hydroxyl groups is 1. The number of nitrogens with one attached hydrogen (secondary N) is 1. The second kappa shape index (κ2) is 6.80. The SMILES string of the molecule is COCCCCOc1ccc2c(c1)OC1=NC(O)NC(=O)C1=C2. The first-order valence-electron chi connectivity index (χ1n) is 7.40. The van der Waals surface area contributed by atoms with Crippen molar-refractivity contribution in [3.63, 3.8) is 0 Å². The maximum Gasteiger partial charge on any atom is 0.260 e. The van der Waals surface area contributed by atoms with Crippen LogP contribution in [0.15, 0.2) is 28.8 Å². The quantitative estimate of drug-likeness (QED) is 0.766. The molecule has 7 heteroatoms. The number of ether oxygens (including phenoxy) is 3. The van der Waals surface area contributed by atoms with Gasteiger partial charge in [0.25, 0.3) is 5.91 Å². The maximum atomic E-state index is 11.8. The van der Waals surface area contributed by atoms with Gasteiger partial charge in [0.2, 0.25) is 12.2 Å². The number of benzene rings is 1. The molecule has 1 atom stereocenters. The van der Waals surface area contributed by atoms with Gasteiger partial charge in [0.15, 0.2) is 0 Å². The molecule has 0 aromatic heterocycles. The zero-order valence-corrected chi connectivity index (χ0v) is 12.7. The molecule has 2 aliphatic rings. The molecule has 122 valence electrons. The van der Waals surface area contributed by atoms with E-state index in [0.29, 0.717) is 30.3 Å². The van der Waals surface area contributed by atoms with Crippen LogP contribution >= 0.6 is 0 Å². The zero-order chi connectivity index (χ0) is 16.2. The second-order valence-electron chi connectivity index (χ2n) is 5.19. The Morgan fingerprint density at radius 1 is 1.35 bits per heavy atom. The lowest BCUT2D eigenvalue weighted by molar-refractivity contribution is -0.120. The number of hydrogen-bond donors (Lipinski definition) is 2. The molecule has 0 spiro atoms. The standard InChI is InChI=1S/C16H18N2O5/c1-21-6-2-3-7-22-11-5-4-10-8-12-14(19)17-16(20)18-15(12)23-13(10)9-11/h4-5,8-9,16,20H,2-3,6-7H2,1H3,(H,17,19). The summed E-state index contributed by atoms with van der Waals surface area (Å²) in [6, 6.07) is 5.40. The van der Waals surface area contributed by atoms with Gasteiger partial charge in [-0.3, -0.25) is 4.79 Å². The Kier molecular flexibility index (Phi) is 4.59. The predicted octanol–water partition coefficient (Wildman–Crippen LogP) is 1.07. The molecular formula is C16H18N2O5. The van der Waals surface area contributed by atoms with Crippen molar-refractivity contribution in [3.05, 3.63) is 29.3 Å². The third-order valence-corrected chi connectivity index (χ3v) is 3.48. The molecule has 0 bridgehead atoms. The van der Waals surface area contributed by atoms with Crippen LogP contribution in [0.3, 0.4) is 0 Å². The molecule has 2 aliphatic heterocycles. The van der Waals surface area contributed by atoms with Gasteiger partial charge in [-0.25, -0.2) is 0 Å². The number of methoxy groups -OCH3 is 1. The Labute approximate surface area is 133 Å². The molecule has 7 nitrogen and oxygen atoms in total. The fourth-order valence-corrected chi connectivity index (χ4v) is 2.32. The number of fused-ring (bicyclic) bond motifs is 2. The van der Waals surface area contributed by atoms with Crippen LogP contribution in [0.25, 0.3) is 6.08 Å². The molecule has 0 aliphatic carbocycles. The van der Waals surface area contributed by atoms with E-state index in [-0.39, 0.29) is 5.90 Å². The van der Waals surface area contributed by atoms with Crippen molar-refractivity contribution in [1.29, 1.82) is 0 Å². The summed E-state index contributed by atoms with van der Waals surface area (Å²) in [5.41, 5.74) is 1.06. The topological polar surface area (TPSA) is 89.4 Å². The van der Waals surface area contributed by atoms with Crippen molar-refractivity contribution in [2.24, 2.45) is 4.99 Å². The number of carbonyl (C=O) groups excluding carboxylic acids is 1. The van der Waals surface area contributed by atoms with Crippen LogP contribution < -0.4 is 14.8 Å². The number of rotatable bonds is 6. The Morgan fingerprint density at radius 3 is 3.00 bits per heavy atom. The van der Waals surface area contributed by atoms with Crippen LogP contribution in [0.1, 0.15) is 18.4 Å². The van der Waals surface area contributed by atoms with Crippen LogP contribution in [-0.4, -0.2) is 43.6 Å². The van der Waals surface area contributed by atoms with Gasteiger partial charge < -0.3 is 24.6 Å². The van der Waals surface area contributed by atoms with Crippen LogP contribution in [0.5, 0.6) is 11.5 Å². The highest BCUT2D eigenvalue weighted by molar-refractivity contribution is 6.24. The van der Waals surface area contributed by atoms with Crippen LogP contribution in [0.4, 0.5) is 0 Å². The number of amides is 1. The van der Waals surface area contributed by atoms with Gasteiger partial charge in [0.1, 0.15) is 17.1 Å². The minimum Gasteiger partial charge on any atom is -0.493 e. The van der Waals surface area contributed by atoms with Gasteiger partial charge in [-0.2, -0.15) is 4.99 Å². The first-order valence-corrected chi connectivity index (χ1v) is 7.40. The van der Waals surface area contributed by atoms with E-state index < -0.39 is 12.3 Å². The first kappa shape index (κ1) is 15.5. The Hall–Kier alpha value is -2.38. The molecule has 1 unspecified atom stereocenters. The molecule has 3 rings (SSSR count). The maximum absolute atomic E-state index is 11.8. The largest absolute Gasteiger partial charge is 0.493 e. The van der Waals surface area contributed by atoms with E-state index in [1.54, 1.807) is 19.3 Å². The molecule has 1 aromatic carbocycles. The number of aliphatic hydroxyl groups excluding tert-OH is 1. The average molecular weight is 318 g/mol. The lowest BCUT2D eigenvalue weighted by Gasteiger charge is -2.24. The summed E-state index contributed by atoms with van der Waals surface area (Å²) in [5, 5.41) is 11.8. The third-order valence-electron chi connectivity index (χ3n) is 3.48. The van der Waals surface area contributed by atoms with E-state index in [2.05, 4.69) is 10.3 Å². The van der Waals surface area contributed by atoms with Gasteiger partial charge in [0, 0.05) is 25.3 Å². The summed E-state index contributed by atoms with van der Waals surface area (Å²) in [5.74, 6) is 0.931. The lowest BCUT2D eigenvalue weighted by atomic mass is 10.1. The van der Waals surface area contributed by atoms with Crippen molar-refractivity contribution < 1.29 is 24.1 Å². The number of aliphatic imine (C=N–C) groups is 1. The highest BCUT2D eigenvalue weighted by Gasteiger charge is 2.30. The molecule has 1 aromatic rings. The first-order chi connectivity index (χ1) is 11.2. The van der Waals surface area contributed by atoms with Crippen molar-refractivity contribution in [2.45, 2.75) is 19.2 Å². The zero-order valence-electron chi connectivity index (χ0n) is 12.7. The molecular weight excluding hydrogens is 300 g/mol. The van der Waals surface area contributed by atoms with Gasteiger partial charge >= 0.3 is 0 Å². The third kappa shape index (κ3) is 3.52. The van der Waals surface area contributed by atoms with Gasteiger partial charge in [-0.15, -0.1) is 0 Å². The molecule has 0 fully saturated rings. The molecule has 2 heterocycles. The van der Waals surface area contributed by atoms with E-state index in [1.165, 1.54) is 0 Å². The minimum atomic E-state index is -1.28. The number of unbranched alkanes of at least 4 members (excludes halogenated alkanes) is 1. The van der Waals surface area contributed by atoms with Crippen molar-refractivity contribution in [3.8, 4) is 11.5 Å². The fraction of sp³-hybridized carbons (Fsp3) is 0.375. The fourth-order valence-electron chi connectivity index (χ4n) is 2.32. The highest BCUT2D eigenvalue weighted by Crippen LogP contribution is 2.32. The molecule has 0 saturated carbocycles.